The van der Waals surface area contributed by atoms with Crippen LogP contribution in [0.4, 0.5) is 13.2 Å². The van der Waals surface area contributed by atoms with Crippen molar-refractivity contribution in [3.8, 4) is 5.88 Å². The average molecular weight is 323 g/mol. The summed E-state index contributed by atoms with van der Waals surface area (Å²) >= 11 is 0. The normalized spacial score (nSPS) is 12.0. The lowest BCUT2D eigenvalue weighted by Gasteiger charge is -2.07. The second kappa shape index (κ2) is 4.87. The minimum absolute atomic E-state index is 0.119. The molecule has 120 valence electrons. The Morgan fingerprint density at radius 2 is 2.04 bits per heavy atom. The molecular formula is C15H12F3N3O2. The van der Waals surface area contributed by atoms with Crippen molar-refractivity contribution in [2.24, 2.45) is 12.8 Å². The molecule has 0 radical (unpaired) electrons. The van der Waals surface area contributed by atoms with E-state index in [1.54, 1.807) is 7.05 Å². The number of carbonyl (C=O) groups is 1. The van der Waals surface area contributed by atoms with Crippen LogP contribution in [0.5, 0.6) is 5.88 Å². The highest BCUT2D eigenvalue weighted by Gasteiger charge is 2.31. The molecule has 0 saturated heterocycles. The summed E-state index contributed by atoms with van der Waals surface area (Å²) in [5, 5.41) is 0.956. The van der Waals surface area contributed by atoms with Crippen LogP contribution < -0.4 is 10.5 Å². The number of nitrogens with zero attached hydrogens (tertiary/aromatic N) is 2. The van der Waals surface area contributed by atoms with E-state index in [0.29, 0.717) is 21.8 Å². The fourth-order valence-corrected chi connectivity index (χ4v) is 2.73. The monoisotopic (exact) mass is 323 g/mol. The molecule has 23 heavy (non-hydrogen) atoms. The second-order valence-electron chi connectivity index (χ2n) is 5.06. The molecule has 0 spiro atoms. The highest BCUT2D eigenvalue weighted by Crippen LogP contribution is 2.38. The third-order valence-electron chi connectivity index (χ3n) is 3.77. The Labute approximate surface area is 128 Å². The van der Waals surface area contributed by atoms with E-state index in [9.17, 15) is 18.0 Å². The van der Waals surface area contributed by atoms with Crippen LogP contribution in [0.2, 0.25) is 0 Å². The molecular weight excluding hydrogens is 311 g/mol. The van der Waals surface area contributed by atoms with E-state index in [0.717, 1.165) is 12.1 Å². The molecule has 0 fully saturated rings. The van der Waals surface area contributed by atoms with Crippen LogP contribution in [0.1, 0.15) is 15.9 Å². The van der Waals surface area contributed by atoms with Gasteiger partial charge in [-0.05, 0) is 12.1 Å². The predicted octanol–water partition coefficient (Wildman–Crippen LogP) is 2.85. The Hall–Kier alpha value is -2.77. The number of methoxy groups -OCH3 is 1. The summed E-state index contributed by atoms with van der Waals surface area (Å²) in [6.07, 6.45) is -3.20. The molecule has 0 aliphatic heterocycles. The second-order valence-corrected chi connectivity index (χ2v) is 5.06. The van der Waals surface area contributed by atoms with Gasteiger partial charge in [0.15, 0.2) is 0 Å². The fraction of sp³-hybridized carbons (Fsp3) is 0.200. The number of nitrogens with two attached hydrogens (primary N) is 1. The number of alkyl halides is 3. The zero-order valence-electron chi connectivity index (χ0n) is 12.2. The van der Waals surface area contributed by atoms with Crippen LogP contribution in [0, 0.1) is 0 Å². The molecule has 1 aromatic carbocycles. The molecule has 1 amide bonds. The van der Waals surface area contributed by atoms with Gasteiger partial charge in [0.25, 0.3) is 5.91 Å². The summed E-state index contributed by atoms with van der Waals surface area (Å²) in [5.41, 5.74) is 5.39. The lowest BCUT2D eigenvalue weighted by Crippen LogP contribution is -2.13. The Kier molecular flexibility index (Phi) is 3.20. The summed E-state index contributed by atoms with van der Waals surface area (Å²) in [6.45, 7) is 0. The first kappa shape index (κ1) is 15.1. The van der Waals surface area contributed by atoms with Crippen LogP contribution in [0.15, 0.2) is 24.4 Å². The number of primary amides is 1. The molecule has 2 N–H and O–H groups in total. The van der Waals surface area contributed by atoms with E-state index in [2.05, 4.69) is 4.98 Å². The number of benzene rings is 1. The van der Waals surface area contributed by atoms with Crippen LogP contribution in [0.3, 0.4) is 0 Å². The van der Waals surface area contributed by atoms with Gasteiger partial charge in [-0.25, -0.2) is 4.98 Å². The van der Waals surface area contributed by atoms with Crippen molar-refractivity contribution in [1.29, 1.82) is 0 Å². The number of fused-ring (bicyclic) bond motifs is 3. The minimum atomic E-state index is -4.46. The van der Waals surface area contributed by atoms with Gasteiger partial charge in [0.05, 0.1) is 29.1 Å². The van der Waals surface area contributed by atoms with Crippen molar-refractivity contribution in [3.05, 3.63) is 35.5 Å². The van der Waals surface area contributed by atoms with Crippen LogP contribution in [-0.4, -0.2) is 22.6 Å². The van der Waals surface area contributed by atoms with Crippen LogP contribution in [-0.2, 0) is 13.2 Å². The quantitative estimate of drug-likeness (QED) is 0.788. The van der Waals surface area contributed by atoms with Crippen LogP contribution in [0.25, 0.3) is 21.8 Å². The van der Waals surface area contributed by atoms with Gasteiger partial charge in [-0.3, -0.25) is 4.79 Å². The summed E-state index contributed by atoms with van der Waals surface area (Å²) in [4.78, 5) is 15.6. The maximum Gasteiger partial charge on any atom is 0.416 e. The van der Waals surface area contributed by atoms with Crippen molar-refractivity contribution in [1.82, 2.24) is 9.55 Å². The van der Waals surface area contributed by atoms with E-state index in [4.69, 9.17) is 10.5 Å². The zero-order valence-corrected chi connectivity index (χ0v) is 12.2. The Bertz CT molecular complexity index is 945. The summed E-state index contributed by atoms with van der Waals surface area (Å²) in [5.74, 6) is -0.498. The fourth-order valence-electron chi connectivity index (χ4n) is 2.73. The van der Waals surface area contributed by atoms with Crippen molar-refractivity contribution >= 4 is 27.7 Å². The van der Waals surface area contributed by atoms with Gasteiger partial charge in [-0.1, -0.05) is 6.07 Å². The Morgan fingerprint density at radius 1 is 1.35 bits per heavy atom. The highest BCUT2D eigenvalue weighted by molar-refractivity contribution is 6.17. The molecule has 3 rings (SSSR count). The summed E-state index contributed by atoms with van der Waals surface area (Å²) < 4.78 is 45.5. The maximum atomic E-state index is 12.9. The number of ether oxygens (including phenoxy) is 1. The van der Waals surface area contributed by atoms with Crippen LogP contribution >= 0.6 is 0 Å². The maximum absolute atomic E-state index is 12.9. The molecule has 0 aliphatic rings. The summed E-state index contributed by atoms with van der Waals surface area (Å²) in [7, 11) is 2.96. The van der Waals surface area contributed by atoms with Gasteiger partial charge < -0.3 is 15.0 Å². The average Bonchev–Trinajstić information content (AvgIpc) is 2.79. The SMILES string of the molecule is COc1ncc(C(N)=O)c2c1c1ccc(C(F)(F)F)cc1n2C. The van der Waals surface area contributed by atoms with E-state index in [1.165, 1.54) is 23.9 Å². The first-order valence-corrected chi connectivity index (χ1v) is 6.58. The largest absolute Gasteiger partial charge is 0.480 e. The number of rotatable bonds is 2. The molecule has 0 atom stereocenters. The molecule has 0 saturated carbocycles. The number of aromatic nitrogens is 2. The van der Waals surface area contributed by atoms with E-state index >= 15 is 0 Å². The third kappa shape index (κ3) is 2.18. The molecule has 0 unspecified atom stereocenters. The number of hydrogen-bond acceptors (Lipinski definition) is 3. The van der Waals surface area contributed by atoms with Gasteiger partial charge in [0, 0.05) is 24.1 Å². The van der Waals surface area contributed by atoms with Crippen molar-refractivity contribution in [2.45, 2.75) is 6.18 Å². The first-order chi connectivity index (χ1) is 10.8. The van der Waals surface area contributed by atoms with Gasteiger partial charge >= 0.3 is 6.18 Å². The number of halogens is 3. The Morgan fingerprint density at radius 3 is 2.61 bits per heavy atom. The molecule has 8 heteroatoms. The van der Waals surface area contributed by atoms with Gasteiger partial charge in [-0.2, -0.15) is 13.2 Å². The van der Waals surface area contributed by atoms with Crippen molar-refractivity contribution < 1.29 is 22.7 Å². The van der Waals surface area contributed by atoms with E-state index in [1.807, 2.05) is 0 Å². The highest BCUT2D eigenvalue weighted by atomic mass is 19.4. The zero-order chi connectivity index (χ0) is 16.9. The summed E-state index contributed by atoms with van der Waals surface area (Å²) in [6, 6.07) is 3.35. The molecule has 5 nitrogen and oxygen atoms in total. The van der Waals surface area contributed by atoms with Crippen molar-refractivity contribution in [2.75, 3.05) is 7.11 Å². The molecule has 2 aromatic heterocycles. The number of carbonyl (C=O) groups excluding carboxylic acids is 1. The number of pyridine rings is 1. The molecule has 3 aromatic rings. The van der Waals surface area contributed by atoms with Crippen molar-refractivity contribution in [3.63, 3.8) is 0 Å². The lowest BCUT2D eigenvalue weighted by molar-refractivity contribution is -0.137. The number of amides is 1. The lowest BCUT2D eigenvalue weighted by atomic mass is 10.1. The van der Waals surface area contributed by atoms with Gasteiger partial charge in [0.1, 0.15) is 0 Å². The standard InChI is InChI=1S/C15H12F3N3O2/c1-21-10-5-7(15(16,17)18)3-4-8(10)11-12(21)9(13(19)22)6-20-14(11)23-2/h3-6H,1-2H3,(H2,19,22). The molecule has 2 heterocycles. The number of aryl methyl sites for hydroxylation is 1. The first-order valence-electron chi connectivity index (χ1n) is 6.58. The molecule has 0 aliphatic carbocycles. The van der Waals surface area contributed by atoms with E-state index < -0.39 is 17.6 Å². The minimum Gasteiger partial charge on any atom is -0.480 e. The Balaban J connectivity index is 2.51. The van der Waals surface area contributed by atoms with E-state index in [-0.39, 0.29) is 11.4 Å². The number of hydrogen-bond donors (Lipinski definition) is 1. The smallest absolute Gasteiger partial charge is 0.416 e. The predicted molar refractivity (Wildman–Crippen MR) is 78.3 cm³/mol. The third-order valence-corrected chi connectivity index (χ3v) is 3.77. The topological polar surface area (TPSA) is 70.1 Å². The molecule has 0 bridgehead atoms. The van der Waals surface area contributed by atoms with Gasteiger partial charge in [-0.15, -0.1) is 0 Å². The van der Waals surface area contributed by atoms with Gasteiger partial charge in [0.2, 0.25) is 5.88 Å².